The van der Waals surface area contributed by atoms with Crippen molar-refractivity contribution in [2.45, 2.75) is 25.7 Å². The van der Waals surface area contributed by atoms with Crippen LogP contribution in [0.5, 0.6) is 0 Å². The van der Waals surface area contributed by atoms with Crippen molar-refractivity contribution >= 4 is 22.7 Å². The largest absolute Gasteiger partial charge is 0.465 e. The van der Waals surface area contributed by atoms with Crippen LogP contribution in [-0.2, 0) is 4.74 Å². The number of rotatable bonds is 3. The second-order valence-electron chi connectivity index (χ2n) is 6.46. The first-order valence-electron chi connectivity index (χ1n) is 8.37. The van der Waals surface area contributed by atoms with Gasteiger partial charge in [-0.2, -0.15) is 0 Å². The topological polar surface area (TPSA) is 100 Å². The van der Waals surface area contributed by atoms with Gasteiger partial charge in [-0.05, 0) is 44.0 Å². The number of anilines is 1. The first-order valence-corrected chi connectivity index (χ1v) is 8.37. The van der Waals surface area contributed by atoms with Crippen molar-refractivity contribution < 1.29 is 9.53 Å². The van der Waals surface area contributed by atoms with Gasteiger partial charge in [-0.3, -0.25) is 14.3 Å². The maximum Gasteiger partial charge on any atom is 0.345 e. The second-order valence-corrected chi connectivity index (χ2v) is 6.46. The lowest BCUT2D eigenvalue weighted by Crippen LogP contribution is -2.29. The molecule has 0 saturated heterocycles. The predicted molar refractivity (Wildman–Crippen MR) is 97.6 cm³/mol. The van der Waals surface area contributed by atoms with Gasteiger partial charge >= 0.3 is 5.97 Å². The van der Waals surface area contributed by atoms with E-state index in [2.05, 4.69) is 9.97 Å². The maximum absolute atomic E-state index is 13.1. The SMILES string of the molecule is COC(=O)c1c(N)c2ccc(C3CC3)nc2n(-c2ccc(C)nc2)c1=O. The lowest BCUT2D eigenvalue weighted by atomic mass is 10.1. The van der Waals surface area contributed by atoms with E-state index in [4.69, 9.17) is 10.5 Å². The standard InChI is InChI=1S/C19H18N4O3/c1-10-3-6-12(9-21-10)23-17-13(7-8-14(22-17)11-4-5-11)16(20)15(18(23)24)19(25)26-2/h3,6-9,11H,4-5,20H2,1-2H3. The Morgan fingerprint density at radius 2 is 2.04 bits per heavy atom. The number of pyridine rings is 3. The number of hydrogen-bond donors (Lipinski definition) is 1. The summed E-state index contributed by atoms with van der Waals surface area (Å²) >= 11 is 0. The average Bonchev–Trinajstić information content (AvgIpc) is 3.48. The maximum atomic E-state index is 13.1. The molecule has 0 aromatic carbocycles. The third-order valence-corrected chi connectivity index (χ3v) is 4.62. The molecule has 7 nitrogen and oxygen atoms in total. The summed E-state index contributed by atoms with van der Waals surface area (Å²) in [7, 11) is 1.22. The van der Waals surface area contributed by atoms with E-state index in [9.17, 15) is 9.59 Å². The van der Waals surface area contributed by atoms with Gasteiger partial charge in [0.2, 0.25) is 0 Å². The van der Waals surface area contributed by atoms with E-state index in [-0.39, 0.29) is 11.3 Å². The van der Waals surface area contributed by atoms with E-state index in [1.807, 2.05) is 19.1 Å². The molecule has 1 saturated carbocycles. The second kappa shape index (κ2) is 5.94. The third kappa shape index (κ3) is 2.52. The molecule has 2 N–H and O–H groups in total. The lowest BCUT2D eigenvalue weighted by molar-refractivity contribution is 0.0600. The first-order chi connectivity index (χ1) is 12.5. The molecule has 26 heavy (non-hydrogen) atoms. The van der Waals surface area contributed by atoms with Gasteiger partial charge in [-0.15, -0.1) is 0 Å². The van der Waals surface area contributed by atoms with Gasteiger partial charge < -0.3 is 10.5 Å². The predicted octanol–water partition coefficient (Wildman–Crippen LogP) is 2.34. The summed E-state index contributed by atoms with van der Waals surface area (Å²) in [6.45, 7) is 1.86. The molecule has 1 aliphatic rings. The number of esters is 1. The Morgan fingerprint density at radius 1 is 1.27 bits per heavy atom. The van der Waals surface area contributed by atoms with Crippen LogP contribution < -0.4 is 11.3 Å². The highest BCUT2D eigenvalue weighted by molar-refractivity contribution is 6.03. The molecule has 132 valence electrons. The Kier molecular flexibility index (Phi) is 3.72. The Hall–Kier alpha value is -3.22. The van der Waals surface area contributed by atoms with Crippen LogP contribution in [0, 0.1) is 6.92 Å². The molecular weight excluding hydrogens is 332 g/mol. The molecule has 3 aromatic heterocycles. The molecule has 4 rings (SSSR count). The van der Waals surface area contributed by atoms with Crippen LogP contribution in [0.15, 0.2) is 35.3 Å². The van der Waals surface area contributed by atoms with Crippen LogP contribution in [0.4, 0.5) is 5.69 Å². The first kappa shape index (κ1) is 16.3. The minimum atomic E-state index is -0.769. The number of methoxy groups -OCH3 is 1. The quantitative estimate of drug-likeness (QED) is 0.728. The van der Waals surface area contributed by atoms with E-state index in [0.29, 0.717) is 22.6 Å². The van der Waals surface area contributed by atoms with E-state index in [1.165, 1.54) is 11.7 Å². The summed E-state index contributed by atoms with van der Waals surface area (Å²) in [6.07, 6.45) is 3.76. The number of carbonyl (C=O) groups is 1. The summed E-state index contributed by atoms with van der Waals surface area (Å²) in [5, 5.41) is 0.537. The van der Waals surface area contributed by atoms with Gasteiger partial charge in [-0.1, -0.05) is 0 Å². The molecule has 0 radical (unpaired) electrons. The number of ether oxygens (including phenoxy) is 1. The molecule has 1 fully saturated rings. The van der Waals surface area contributed by atoms with Crippen LogP contribution in [-0.4, -0.2) is 27.6 Å². The fraction of sp³-hybridized carbons (Fsp3) is 0.263. The molecule has 3 heterocycles. The zero-order chi connectivity index (χ0) is 18.4. The number of hydrogen-bond acceptors (Lipinski definition) is 6. The average molecular weight is 350 g/mol. The molecule has 1 aliphatic carbocycles. The highest BCUT2D eigenvalue weighted by Crippen LogP contribution is 2.40. The highest BCUT2D eigenvalue weighted by Gasteiger charge is 2.27. The number of nitrogens with zero attached hydrogens (tertiary/aromatic N) is 3. The molecule has 0 bridgehead atoms. The molecular formula is C19H18N4O3. The van der Waals surface area contributed by atoms with E-state index in [1.54, 1.807) is 18.3 Å². The Labute approximate surface area is 149 Å². The van der Waals surface area contributed by atoms with E-state index in [0.717, 1.165) is 24.2 Å². The van der Waals surface area contributed by atoms with Crippen molar-refractivity contribution in [3.8, 4) is 5.69 Å². The van der Waals surface area contributed by atoms with Crippen LogP contribution >= 0.6 is 0 Å². The number of fused-ring (bicyclic) bond motifs is 1. The minimum absolute atomic E-state index is 0.0861. The fourth-order valence-electron chi connectivity index (χ4n) is 3.04. The van der Waals surface area contributed by atoms with Gasteiger partial charge in [0.25, 0.3) is 5.56 Å². The van der Waals surface area contributed by atoms with Crippen molar-refractivity contribution in [2.24, 2.45) is 0 Å². The van der Waals surface area contributed by atoms with Crippen molar-refractivity contribution in [3.05, 3.63) is 57.8 Å². The van der Waals surface area contributed by atoms with Gasteiger partial charge in [0, 0.05) is 22.7 Å². The summed E-state index contributed by atoms with van der Waals surface area (Å²) in [5.41, 5.74) is 8.17. The van der Waals surface area contributed by atoms with Gasteiger partial charge in [-0.25, -0.2) is 9.78 Å². The smallest absolute Gasteiger partial charge is 0.345 e. The van der Waals surface area contributed by atoms with Crippen molar-refractivity contribution in [2.75, 3.05) is 12.8 Å². The Balaban J connectivity index is 2.11. The van der Waals surface area contributed by atoms with Crippen LogP contribution in [0.3, 0.4) is 0 Å². The van der Waals surface area contributed by atoms with Crippen LogP contribution in [0.25, 0.3) is 16.7 Å². The van der Waals surface area contributed by atoms with E-state index >= 15 is 0 Å². The summed E-state index contributed by atoms with van der Waals surface area (Å²) in [6, 6.07) is 7.29. The fourth-order valence-corrected chi connectivity index (χ4v) is 3.04. The number of nitrogens with two attached hydrogens (primary N) is 1. The number of carbonyl (C=O) groups excluding carboxylic acids is 1. The monoisotopic (exact) mass is 350 g/mol. The van der Waals surface area contributed by atoms with Crippen LogP contribution in [0.2, 0.25) is 0 Å². The molecule has 0 aliphatic heterocycles. The lowest BCUT2D eigenvalue weighted by Gasteiger charge is -2.15. The minimum Gasteiger partial charge on any atom is -0.465 e. The Morgan fingerprint density at radius 3 is 2.65 bits per heavy atom. The number of aryl methyl sites for hydroxylation is 1. The number of nitrogen functional groups attached to an aromatic ring is 1. The molecule has 3 aromatic rings. The molecule has 0 amide bonds. The molecule has 0 unspecified atom stereocenters. The molecule has 0 atom stereocenters. The summed E-state index contributed by atoms with van der Waals surface area (Å²) in [5.74, 6) is -0.352. The summed E-state index contributed by atoms with van der Waals surface area (Å²) < 4.78 is 6.15. The molecule has 7 heteroatoms. The normalized spacial score (nSPS) is 13.8. The summed E-state index contributed by atoms with van der Waals surface area (Å²) in [4.78, 5) is 34.2. The van der Waals surface area contributed by atoms with E-state index < -0.39 is 11.5 Å². The highest BCUT2D eigenvalue weighted by atomic mass is 16.5. The van der Waals surface area contributed by atoms with Crippen molar-refractivity contribution in [1.29, 1.82) is 0 Å². The van der Waals surface area contributed by atoms with Gasteiger partial charge in [0.1, 0.15) is 11.2 Å². The van der Waals surface area contributed by atoms with Crippen molar-refractivity contribution in [1.82, 2.24) is 14.5 Å². The van der Waals surface area contributed by atoms with Gasteiger partial charge in [0.05, 0.1) is 24.7 Å². The molecule has 0 spiro atoms. The third-order valence-electron chi connectivity index (χ3n) is 4.62. The Bertz CT molecular complexity index is 1080. The zero-order valence-electron chi connectivity index (χ0n) is 14.5. The van der Waals surface area contributed by atoms with Gasteiger partial charge in [0.15, 0.2) is 0 Å². The number of aromatic nitrogens is 3. The van der Waals surface area contributed by atoms with Crippen molar-refractivity contribution in [3.63, 3.8) is 0 Å². The zero-order valence-corrected chi connectivity index (χ0v) is 14.5. The van der Waals surface area contributed by atoms with Crippen LogP contribution in [0.1, 0.15) is 40.5 Å².